The molecule has 0 radical (unpaired) electrons. The minimum atomic E-state index is -0.310. The lowest BCUT2D eigenvalue weighted by molar-refractivity contribution is -0.120. The van der Waals surface area contributed by atoms with E-state index in [4.69, 9.17) is 11.6 Å². The van der Waals surface area contributed by atoms with Crippen LogP contribution in [0.2, 0.25) is 5.02 Å². The first-order valence-electron chi connectivity index (χ1n) is 9.11. The Morgan fingerprint density at radius 1 is 0.828 bits per heavy atom. The first-order valence-corrected chi connectivity index (χ1v) is 9.49. The summed E-state index contributed by atoms with van der Waals surface area (Å²) in [5.74, 6) is -0.545. The molecule has 0 fully saturated rings. The van der Waals surface area contributed by atoms with Crippen LogP contribution in [0.5, 0.6) is 0 Å². The molecule has 2 amide bonds. The Labute approximate surface area is 174 Å². The van der Waals surface area contributed by atoms with Crippen molar-refractivity contribution in [3.05, 3.63) is 107 Å². The van der Waals surface area contributed by atoms with E-state index >= 15 is 0 Å². The third kappa shape index (κ3) is 6.02. The molecule has 0 aliphatic rings. The SMILES string of the molecule is O=C(Cc1ccccc1)NN=C(CNC(=O)c1ccccc1Cl)c1ccccc1. The molecule has 6 heteroatoms. The van der Waals surface area contributed by atoms with Crippen LogP contribution in [0.1, 0.15) is 21.5 Å². The summed E-state index contributed by atoms with van der Waals surface area (Å²) in [4.78, 5) is 24.7. The molecule has 2 N–H and O–H groups in total. The van der Waals surface area contributed by atoms with E-state index in [0.29, 0.717) is 16.3 Å². The Kier molecular flexibility index (Phi) is 7.14. The molecule has 5 nitrogen and oxygen atoms in total. The van der Waals surface area contributed by atoms with Crippen molar-refractivity contribution in [1.82, 2.24) is 10.7 Å². The number of carbonyl (C=O) groups is 2. The van der Waals surface area contributed by atoms with Gasteiger partial charge < -0.3 is 5.32 Å². The minimum Gasteiger partial charge on any atom is -0.346 e. The van der Waals surface area contributed by atoms with Crippen molar-refractivity contribution in [2.24, 2.45) is 5.10 Å². The highest BCUT2D eigenvalue weighted by Crippen LogP contribution is 2.14. The van der Waals surface area contributed by atoms with E-state index < -0.39 is 0 Å². The zero-order chi connectivity index (χ0) is 20.5. The molecule has 0 unspecified atom stereocenters. The Hall–Kier alpha value is -3.44. The summed E-state index contributed by atoms with van der Waals surface area (Å²) in [6.07, 6.45) is 0.221. The molecular weight excluding hydrogens is 386 g/mol. The largest absolute Gasteiger partial charge is 0.346 e. The van der Waals surface area contributed by atoms with Crippen LogP contribution in [0.3, 0.4) is 0 Å². The Balaban J connectivity index is 1.69. The van der Waals surface area contributed by atoms with Crippen molar-refractivity contribution in [3.63, 3.8) is 0 Å². The van der Waals surface area contributed by atoms with Crippen molar-refractivity contribution in [2.45, 2.75) is 6.42 Å². The van der Waals surface area contributed by atoms with Gasteiger partial charge in [0.1, 0.15) is 0 Å². The highest BCUT2D eigenvalue weighted by atomic mass is 35.5. The summed E-state index contributed by atoms with van der Waals surface area (Å²) < 4.78 is 0. The predicted octanol–water partition coefficient (Wildman–Crippen LogP) is 3.83. The van der Waals surface area contributed by atoms with Crippen LogP contribution in [0.15, 0.2) is 90.0 Å². The molecular formula is C23H20ClN3O2. The van der Waals surface area contributed by atoms with Gasteiger partial charge in [0, 0.05) is 0 Å². The Morgan fingerprint density at radius 3 is 2.14 bits per heavy atom. The fourth-order valence-corrected chi connectivity index (χ4v) is 2.91. The van der Waals surface area contributed by atoms with E-state index in [1.54, 1.807) is 24.3 Å². The number of amides is 2. The van der Waals surface area contributed by atoms with Crippen LogP contribution < -0.4 is 10.7 Å². The van der Waals surface area contributed by atoms with Crippen molar-refractivity contribution in [3.8, 4) is 0 Å². The molecule has 3 rings (SSSR count). The second-order valence-electron chi connectivity index (χ2n) is 6.28. The monoisotopic (exact) mass is 405 g/mol. The topological polar surface area (TPSA) is 70.6 Å². The summed E-state index contributed by atoms with van der Waals surface area (Å²) in [6, 6.07) is 25.6. The fourth-order valence-electron chi connectivity index (χ4n) is 2.69. The zero-order valence-electron chi connectivity index (χ0n) is 15.6. The molecule has 0 spiro atoms. The number of nitrogens with one attached hydrogen (secondary N) is 2. The number of rotatable bonds is 7. The number of hydrogen-bond acceptors (Lipinski definition) is 3. The number of carbonyl (C=O) groups excluding carboxylic acids is 2. The average Bonchev–Trinajstić information content (AvgIpc) is 2.75. The minimum absolute atomic E-state index is 0.139. The van der Waals surface area contributed by atoms with Crippen LogP contribution in [0.25, 0.3) is 0 Å². The highest BCUT2D eigenvalue weighted by molar-refractivity contribution is 6.33. The quantitative estimate of drug-likeness (QED) is 0.463. The van der Waals surface area contributed by atoms with Crippen molar-refractivity contribution < 1.29 is 9.59 Å². The molecule has 0 saturated heterocycles. The Morgan fingerprint density at radius 2 is 1.45 bits per heavy atom. The van der Waals surface area contributed by atoms with Crippen LogP contribution in [0, 0.1) is 0 Å². The smallest absolute Gasteiger partial charge is 0.253 e. The molecule has 0 aliphatic carbocycles. The van der Waals surface area contributed by atoms with Crippen molar-refractivity contribution in [2.75, 3.05) is 6.54 Å². The summed E-state index contributed by atoms with van der Waals surface area (Å²) in [7, 11) is 0. The van der Waals surface area contributed by atoms with Gasteiger partial charge in [0.25, 0.3) is 5.91 Å². The van der Waals surface area contributed by atoms with Gasteiger partial charge in [-0.3, -0.25) is 9.59 Å². The van der Waals surface area contributed by atoms with Gasteiger partial charge in [0.15, 0.2) is 0 Å². The maximum atomic E-state index is 12.4. The number of halogens is 1. The van der Waals surface area contributed by atoms with Crippen molar-refractivity contribution >= 4 is 29.1 Å². The molecule has 0 bridgehead atoms. The van der Waals surface area contributed by atoms with Crippen LogP contribution in [-0.2, 0) is 11.2 Å². The van der Waals surface area contributed by atoms with Gasteiger partial charge in [0.05, 0.1) is 29.3 Å². The van der Waals surface area contributed by atoms with Gasteiger partial charge in [-0.1, -0.05) is 84.4 Å². The van der Waals surface area contributed by atoms with E-state index in [0.717, 1.165) is 11.1 Å². The number of hydrazone groups is 1. The van der Waals surface area contributed by atoms with E-state index in [-0.39, 0.29) is 24.8 Å². The molecule has 0 aliphatic heterocycles. The molecule has 0 atom stereocenters. The zero-order valence-corrected chi connectivity index (χ0v) is 16.4. The third-order valence-electron chi connectivity index (χ3n) is 4.16. The lowest BCUT2D eigenvalue weighted by Crippen LogP contribution is -2.32. The van der Waals surface area contributed by atoms with E-state index in [1.807, 2.05) is 60.7 Å². The molecule has 3 aromatic carbocycles. The third-order valence-corrected chi connectivity index (χ3v) is 4.49. The van der Waals surface area contributed by atoms with Gasteiger partial charge in [-0.15, -0.1) is 0 Å². The van der Waals surface area contributed by atoms with Crippen LogP contribution in [0.4, 0.5) is 0 Å². The normalized spacial score (nSPS) is 11.0. The lowest BCUT2D eigenvalue weighted by Gasteiger charge is -2.10. The average molecular weight is 406 g/mol. The van der Waals surface area contributed by atoms with Crippen molar-refractivity contribution in [1.29, 1.82) is 0 Å². The van der Waals surface area contributed by atoms with E-state index in [1.165, 1.54) is 0 Å². The molecule has 0 aromatic heterocycles. The summed E-state index contributed by atoms with van der Waals surface area (Å²) in [5, 5.41) is 7.43. The summed E-state index contributed by atoms with van der Waals surface area (Å²) >= 11 is 6.08. The standard InChI is InChI=1S/C23H20ClN3O2/c24-20-14-8-7-13-19(20)23(29)25-16-21(18-11-5-2-6-12-18)26-27-22(28)15-17-9-3-1-4-10-17/h1-14H,15-16H2,(H,25,29)(H,27,28). The van der Waals surface area contributed by atoms with E-state index in [2.05, 4.69) is 15.8 Å². The first kappa shape index (κ1) is 20.3. The van der Waals surface area contributed by atoms with Crippen LogP contribution in [-0.4, -0.2) is 24.1 Å². The van der Waals surface area contributed by atoms with Crippen LogP contribution >= 0.6 is 11.6 Å². The van der Waals surface area contributed by atoms with Gasteiger partial charge in [0.2, 0.25) is 5.91 Å². The van der Waals surface area contributed by atoms with Gasteiger partial charge >= 0.3 is 0 Å². The number of benzene rings is 3. The fraction of sp³-hybridized carbons (Fsp3) is 0.0870. The van der Waals surface area contributed by atoms with Gasteiger partial charge in [-0.05, 0) is 23.3 Å². The molecule has 29 heavy (non-hydrogen) atoms. The molecule has 0 saturated carbocycles. The molecule has 0 heterocycles. The number of hydrogen-bond donors (Lipinski definition) is 2. The van der Waals surface area contributed by atoms with Gasteiger partial charge in [-0.25, -0.2) is 5.43 Å². The highest BCUT2D eigenvalue weighted by Gasteiger charge is 2.12. The maximum absolute atomic E-state index is 12.4. The lowest BCUT2D eigenvalue weighted by atomic mass is 10.1. The second kappa shape index (κ2) is 10.2. The first-order chi connectivity index (χ1) is 14.1. The van der Waals surface area contributed by atoms with E-state index in [9.17, 15) is 9.59 Å². The second-order valence-corrected chi connectivity index (χ2v) is 6.69. The maximum Gasteiger partial charge on any atom is 0.253 e. The molecule has 3 aromatic rings. The Bertz CT molecular complexity index is 1000. The number of nitrogens with zero attached hydrogens (tertiary/aromatic N) is 1. The molecule has 146 valence electrons. The summed E-state index contributed by atoms with van der Waals surface area (Å²) in [6.45, 7) is 0.139. The van der Waals surface area contributed by atoms with Gasteiger partial charge in [-0.2, -0.15) is 5.10 Å². The summed E-state index contributed by atoms with van der Waals surface area (Å²) in [5.41, 5.74) is 5.19. The predicted molar refractivity (Wildman–Crippen MR) is 115 cm³/mol.